The average molecular weight is 344 g/mol. The topological polar surface area (TPSA) is 45.8 Å². The minimum atomic E-state index is -0.269. The fourth-order valence-electron chi connectivity index (χ4n) is 1.51. The van der Waals surface area contributed by atoms with Crippen LogP contribution in [0.1, 0.15) is 17.1 Å². The number of nitrogens with one attached hydrogen (secondary N) is 1. The van der Waals surface area contributed by atoms with Crippen LogP contribution in [0.4, 0.5) is 4.39 Å². The van der Waals surface area contributed by atoms with E-state index in [1.165, 1.54) is 12.1 Å². The summed E-state index contributed by atoms with van der Waals surface area (Å²) >= 11 is 1.97. The fourth-order valence-corrected chi connectivity index (χ4v) is 1.76. The van der Waals surface area contributed by atoms with Crippen molar-refractivity contribution in [2.45, 2.75) is 13.3 Å². The van der Waals surface area contributed by atoms with E-state index in [9.17, 15) is 9.18 Å². The highest BCUT2D eigenvalue weighted by atomic mass is 127. The molecule has 17 heavy (non-hydrogen) atoms. The molecule has 1 aromatic heterocycles. The number of benzene rings is 1. The van der Waals surface area contributed by atoms with Crippen LogP contribution in [0.25, 0.3) is 0 Å². The van der Waals surface area contributed by atoms with Gasteiger partial charge in [0, 0.05) is 6.42 Å². The zero-order chi connectivity index (χ0) is 12.4. The summed E-state index contributed by atoms with van der Waals surface area (Å²) in [4.78, 5) is 18.5. The van der Waals surface area contributed by atoms with Crippen molar-refractivity contribution in [1.29, 1.82) is 0 Å². The first-order chi connectivity index (χ1) is 8.06. The van der Waals surface area contributed by atoms with E-state index in [-0.39, 0.29) is 11.4 Å². The van der Waals surface area contributed by atoms with Crippen molar-refractivity contribution < 1.29 is 4.39 Å². The summed E-state index contributed by atoms with van der Waals surface area (Å²) < 4.78 is 13.3. The molecule has 0 aliphatic heterocycles. The molecule has 0 unspecified atom stereocenters. The third kappa shape index (κ3) is 2.91. The normalized spacial score (nSPS) is 10.5. The van der Waals surface area contributed by atoms with Crippen molar-refractivity contribution in [3.63, 3.8) is 0 Å². The van der Waals surface area contributed by atoms with Gasteiger partial charge in [0.2, 0.25) is 0 Å². The Morgan fingerprint density at radius 3 is 2.59 bits per heavy atom. The molecule has 0 atom stereocenters. The van der Waals surface area contributed by atoms with Gasteiger partial charge in [0.05, 0.1) is 9.26 Å². The summed E-state index contributed by atoms with van der Waals surface area (Å²) in [5.74, 6) is 0.327. The maximum atomic E-state index is 12.7. The molecule has 0 fully saturated rings. The van der Waals surface area contributed by atoms with Gasteiger partial charge in [0.25, 0.3) is 5.56 Å². The molecular formula is C12H10FIN2O. The highest BCUT2D eigenvalue weighted by molar-refractivity contribution is 14.1. The molecule has 1 N–H and O–H groups in total. The molecule has 2 rings (SSSR count). The third-order valence-electron chi connectivity index (χ3n) is 2.36. The molecule has 0 spiro atoms. The minimum Gasteiger partial charge on any atom is -0.309 e. The molecule has 5 heteroatoms. The van der Waals surface area contributed by atoms with Crippen LogP contribution in [0.15, 0.2) is 29.1 Å². The Bertz CT molecular complexity index is 592. The Labute approximate surface area is 111 Å². The van der Waals surface area contributed by atoms with Gasteiger partial charge in [0.15, 0.2) is 0 Å². The Balaban J connectivity index is 2.30. The first-order valence-electron chi connectivity index (χ1n) is 5.06. The maximum absolute atomic E-state index is 12.7. The van der Waals surface area contributed by atoms with Gasteiger partial charge in [-0.1, -0.05) is 12.1 Å². The van der Waals surface area contributed by atoms with Gasteiger partial charge in [0.1, 0.15) is 11.6 Å². The van der Waals surface area contributed by atoms with E-state index in [2.05, 4.69) is 9.97 Å². The van der Waals surface area contributed by atoms with Crippen molar-refractivity contribution >= 4 is 22.6 Å². The summed E-state index contributed by atoms with van der Waals surface area (Å²) in [6.07, 6.45) is 0.493. The van der Waals surface area contributed by atoms with Gasteiger partial charge in [-0.15, -0.1) is 0 Å². The van der Waals surface area contributed by atoms with Crippen molar-refractivity contribution in [1.82, 2.24) is 9.97 Å². The van der Waals surface area contributed by atoms with Gasteiger partial charge >= 0.3 is 0 Å². The minimum absolute atomic E-state index is 0.129. The molecule has 0 aliphatic rings. The number of aromatic nitrogens is 2. The number of aryl methyl sites for hydroxylation is 1. The summed E-state index contributed by atoms with van der Waals surface area (Å²) in [6, 6.07) is 6.16. The molecule has 0 saturated heterocycles. The Hall–Kier alpha value is -1.24. The second-order valence-electron chi connectivity index (χ2n) is 3.72. The molecular weight excluding hydrogens is 334 g/mol. The number of aromatic amines is 1. The number of hydrogen-bond donors (Lipinski definition) is 1. The summed E-state index contributed by atoms with van der Waals surface area (Å²) in [7, 11) is 0. The highest BCUT2D eigenvalue weighted by Crippen LogP contribution is 2.08. The number of H-pyrrole nitrogens is 1. The maximum Gasteiger partial charge on any atom is 0.264 e. The van der Waals surface area contributed by atoms with E-state index in [0.717, 1.165) is 5.56 Å². The van der Waals surface area contributed by atoms with E-state index >= 15 is 0 Å². The summed E-state index contributed by atoms with van der Waals surface area (Å²) in [5, 5.41) is 0. The number of rotatable bonds is 2. The molecule has 88 valence electrons. The monoisotopic (exact) mass is 344 g/mol. The predicted molar refractivity (Wildman–Crippen MR) is 71.5 cm³/mol. The van der Waals surface area contributed by atoms with Crippen LogP contribution in [0.5, 0.6) is 0 Å². The van der Waals surface area contributed by atoms with E-state index < -0.39 is 0 Å². The van der Waals surface area contributed by atoms with E-state index in [4.69, 9.17) is 0 Å². The molecule has 3 nitrogen and oxygen atoms in total. The van der Waals surface area contributed by atoms with E-state index in [1.54, 1.807) is 19.1 Å². The SMILES string of the molecule is Cc1nc(Cc2ccc(F)cc2)[nH]c(=O)c1I. The standard InChI is InChI=1S/C12H10FIN2O/c1-7-11(14)12(17)16-10(15-7)6-8-2-4-9(13)5-3-8/h2-5H,6H2,1H3,(H,15,16,17). The van der Waals surface area contributed by atoms with Crippen LogP contribution in [-0.4, -0.2) is 9.97 Å². The average Bonchev–Trinajstić information content (AvgIpc) is 2.29. The zero-order valence-electron chi connectivity index (χ0n) is 9.13. The second-order valence-corrected chi connectivity index (χ2v) is 4.79. The molecule has 0 aliphatic carbocycles. The Morgan fingerprint density at radius 2 is 2.00 bits per heavy atom. The van der Waals surface area contributed by atoms with Gasteiger partial charge in [-0.2, -0.15) is 0 Å². The lowest BCUT2D eigenvalue weighted by Gasteiger charge is -2.03. The van der Waals surface area contributed by atoms with Crippen molar-refractivity contribution in [3.05, 3.63) is 61.1 Å². The smallest absolute Gasteiger partial charge is 0.264 e. The van der Waals surface area contributed by atoms with Gasteiger partial charge in [-0.25, -0.2) is 9.37 Å². The molecule has 0 radical (unpaired) electrons. The van der Waals surface area contributed by atoms with Crippen LogP contribution in [0, 0.1) is 16.3 Å². The van der Waals surface area contributed by atoms with Crippen molar-refractivity contribution in [2.24, 2.45) is 0 Å². The molecule has 0 bridgehead atoms. The zero-order valence-corrected chi connectivity index (χ0v) is 11.3. The second kappa shape index (κ2) is 4.95. The van der Waals surface area contributed by atoms with Crippen LogP contribution in [0.3, 0.4) is 0 Å². The van der Waals surface area contributed by atoms with E-state index in [1.807, 2.05) is 22.6 Å². The summed E-state index contributed by atoms with van der Waals surface area (Å²) in [6.45, 7) is 1.80. The fraction of sp³-hybridized carbons (Fsp3) is 0.167. The molecule has 0 saturated carbocycles. The van der Waals surface area contributed by atoms with Crippen molar-refractivity contribution in [3.8, 4) is 0 Å². The Morgan fingerprint density at radius 1 is 1.35 bits per heavy atom. The lowest BCUT2D eigenvalue weighted by molar-refractivity contribution is 0.627. The summed E-state index contributed by atoms with van der Waals surface area (Å²) in [5.41, 5.74) is 1.50. The molecule has 1 heterocycles. The molecule has 0 amide bonds. The Kier molecular flexibility index (Phi) is 3.56. The number of hydrogen-bond acceptors (Lipinski definition) is 2. The third-order valence-corrected chi connectivity index (χ3v) is 3.63. The first kappa shape index (κ1) is 12.2. The quantitative estimate of drug-likeness (QED) is 0.851. The van der Waals surface area contributed by atoms with E-state index in [0.29, 0.717) is 21.5 Å². The van der Waals surface area contributed by atoms with Crippen molar-refractivity contribution in [2.75, 3.05) is 0 Å². The van der Waals surface area contributed by atoms with Crippen LogP contribution in [-0.2, 0) is 6.42 Å². The lowest BCUT2D eigenvalue weighted by Crippen LogP contribution is -2.16. The van der Waals surface area contributed by atoms with Crippen LogP contribution in [0.2, 0.25) is 0 Å². The lowest BCUT2D eigenvalue weighted by atomic mass is 10.1. The highest BCUT2D eigenvalue weighted by Gasteiger charge is 2.05. The van der Waals surface area contributed by atoms with Crippen LogP contribution < -0.4 is 5.56 Å². The number of nitrogens with zero attached hydrogens (tertiary/aromatic N) is 1. The predicted octanol–water partition coefficient (Wildman–Crippen LogP) is 2.41. The van der Waals surface area contributed by atoms with Gasteiger partial charge < -0.3 is 4.98 Å². The molecule has 2 aromatic rings. The number of halogens is 2. The van der Waals surface area contributed by atoms with Crippen LogP contribution >= 0.6 is 22.6 Å². The largest absolute Gasteiger partial charge is 0.309 e. The van der Waals surface area contributed by atoms with Gasteiger partial charge in [-0.05, 0) is 47.2 Å². The molecule has 1 aromatic carbocycles. The first-order valence-corrected chi connectivity index (χ1v) is 6.14. The van der Waals surface area contributed by atoms with Gasteiger partial charge in [-0.3, -0.25) is 4.79 Å².